The molecular formula is C115H134O3. The van der Waals surface area contributed by atoms with Crippen molar-refractivity contribution in [2.75, 3.05) is 0 Å². The highest BCUT2D eigenvalue weighted by atomic mass is 16.3. The van der Waals surface area contributed by atoms with E-state index in [1.165, 1.54) is 83.5 Å². The molecular weight excluding hydrogens is 1430 g/mol. The maximum absolute atomic E-state index is 9.00. The second kappa shape index (κ2) is 72.1. The zero-order valence-corrected chi connectivity index (χ0v) is 73.4. The third-order valence-corrected chi connectivity index (χ3v) is 16.3. The summed E-state index contributed by atoms with van der Waals surface area (Å²) in [6.45, 7) is 32.9. The standard InChI is InChI=1S/C10H14O3.15C7H8/c1-7-9(5-12)2-8(4-11)3-10(7)6-13;15*1-7-5-3-2-4-6-7/h2-3,11-13H,4-6H2,1H3;15*2-6H,1H3. The first-order chi connectivity index (χ1) is 57.1. The number of rotatable bonds is 3. The first-order valence-corrected chi connectivity index (χ1v) is 40.3. The first kappa shape index (κ1) is 103. The molecule has 3 nitrogen and oxygen atoms in total. The van der Waals surface area contributed by atoms with Crippen molar-refractivity contribution in [3.63, 3.8) is 0 Å². The Labute approximate surface area is 714 Å². The number of hydrogen-bond acceptors (Lipinski definition) is 3. The Morgan fingerprint density at radius 3 is 0.263 bits per heavy atom. The summed E-state index contributed by atoms with van der Waals surface area (Å²) in [5.41, 5.74) is 23.0. The van der Waals surface area contributed by atoms with Crippen LogP contribution in [0.15, 0.2) is 467 Å². The largest absolute Gasteiger partial charge is 0.392 e. The minimum absolute atomic E-state index is 0.0628. The van der Waals surface area contributed by atoms with Crippen molar-refractivity contribution in [2.24, 2.45) is 0 Å². The summed E-state index contributed by atoms with van der Waals surface area (Å²) < 4.78 is 0. The summed E-state index contributed by atoms with van der Waals surface area (Å²) in [7, 11) is 0. The minimum atomic E-state index is -0.0692. The summed E-state index contributed by atoms with van der Waals surface area (Å²) >= 11 is 0. The highest BCUT2D eigenvalue weighted by Crippen LogP contribution is 2.18. The first-order valence-electron chi connectivity index (χ1n) is 40.3. The fourth-order valence-electron chi connectivity index (χ4n) is 9.35. The lowest BCUT2D eigenvalue weighted by Gasteiger charge is -2.10. The summed E-state index contributed by atoms with van der Waals surface area (Å²) in [6, 6.07) is 157. The van der Waals surface area contributed by atoms with Crippen LogP contribution in [0.2, 0.25) is 0 Å². The number of aryl methyl sites for hydroxylation is 15. The molecule has 16 aromatic rings. The lowest BCUT2D eigenvalue weighted by Crippen LogP contribution is -1.99. The van der Waals surface area contributed by atoms with Crippen LogP contribution in [-0.2, 0) is 19.8 Å². The summed E-state index contributed by atoms with van der Waals surface area (Å²) in [5.74, 6) is 0. The number of aliphatic hydroxyl groups is 3. The van der Waals surface area contributed by atoms with Gasteiger partial charge in [0.15, 0.2) is 0 Å². The normalized spacial score (nSPS) is 8.91. The van der Waals surface area contributed by atoms with Crippen molar-refractivity contribution in [2.45, 2.75) is 131 Å². The van der Waals surface area contributed by atoms with E-state index in [1.807, 2.05) is 280 Å². The number of aliphatic hydroxyl groups excluding tert-OH is 3. The van der Waals surface area contributed by atoms with Gasteiger partial charge in [-0.05, 0) is 133 Å². The van der Waals surface area contributed by atoms with Gasteiger partial charge in [-0.1, -0.05) is 551 Å². The second-order valence-corrected chi connectivity index (χ2v) is 27.8. The zero-order chi connectivity index (χ0) is 86.5. The molecule has 3 N–H and O–H groups in total. The van der Waals surface area contributed by atoms with Crippen molar-refractivity contribution < 1.29 is 15.3 Å². The van der Waals surface area contributed by atoms with Crippen LogP contribution in [-0.4, -0.2) is 15.3 Å². The predicted molar refractivity (Wildman–Crippen MR) is 517 cm³/mol. The van der Waals surface area contributed by atoms with Crippen molar-refractivity contribution in [1.82, 2.24) is 0 Å². The molecule has 16 aromatic carbocycles. The van der Waals surface area contributed by atoms with Crippen LogP contribution in [0.25, 0.3) is 0 Å². The number of benzene rings is 16. The Bertz CT molecular complexity index is 3620. The van der Waals surface area contributed by atoms with Crippen LogP contribution in [0, 0.1) is 111 Å². The Kier molecular flexibility index (Phi) is 63.2. The highest BCUT2D eigenvalue weighted by Gasteiger charge is 2.05. The lowest BCUT2D eigenvalue weighted by atomic mass is 10.00. The molecule has 0 amide bonds. The van der Waals surface area contributed by atoms with Crippen molar-refractivity contribution in [1.29, 1.82) is 0 Å². The molecule has 0 saturated carbocycles. The topological polar surface area (TPSA) is 60.7 Å². The van der Waals surface area contributed by atoms with Gasteiger partial charge in [-0.25, -0.2) is 0 Å². The molecule has 0 spiro atoms. The van der Waals surface area contributed by atoms with Gasteiger partial charge in [0.05, 0.1) is 19.8 Å². The molecule has 612 valence electrons. The van der Waals surface area contributed by atoms with Crippen LogP contribution in [0.4, 0.5) is 0 Å². The predicted octanol–water partition coefficient (Wildman–Crippen LogP) is 30.4. The summed E-state index contributed by atoms with van der Waals surface area (Å²) in [6.07, 6.45) is 0. The average molecular weight is 1560 g/mol. The molecule has 0 unspecified atom stereocenters. The fourth-order valence-corrected chi connectivity index (χ4v) is 9.35. The van der Waals surface area contributed by atoms with E-state index < -0.39 is 0 Å². The Hall–Kier alpha value is -12.6. The molecule has 0 aliphatic carbocycles. The van der Waals surface area contributed by atoms with E-state index in [0.717, 1.165) is 22.3 Å². The quantitative estimate of drug-likeness (QED) is 0.165. The molecule has 0 radical (unpaired) electrons. The molecule has 0 aromatic heterocycles. The van der Waals surface area contributed by atoms with Crippen molar-refractivity contribution in [3.8, 4) is 0 Å². The van der Waals surface area contributed by atoms with E-state index in [-0.39, 0.29) is 19.8 Å². The van der Waals surface area contributed by atoms with E-state index in [4.69, 9.17) is 15.3 Å². The van der Waals surface area contributed by atoms with Crippen LogP contribution in [0.1, 0.15) is 106 Å². The third-order valence-electron chi connectivity index (χ3n) is 16.3. The van der Waals surface area contributed by atoms with E-state index in [9.17, 15) is 0 Å². The van der Waals surface area contributed by atoms with Gasteiger partial charge in [-0.3, -0.25) is 0 Å². The Morgan fingerprint density at radius 1 is 0.127 bits per heavy atom. The molecule has 0 aliphatic rings. The van der Waals surface area contributed by atoms with Gasteiger partial charge in [0, 0.05) is 0 Å². The molecule has 0 aliphatic heterocycles. The van der Waals surface area contributed by atoms with Crippen molar-refractivity contribution in [3.05, 3.63) is 573 Å². The second-order valence-electron chi connectivity index (χ2n) is 27.8. The van der Waals surface area contributed by atoms with Crippen LogP contribution in [0.5, 0.6) is 0 Å². The number of hydrogen-bond donors (Lipinski definition) is 3. The summed E-state index contributed by atoms with van der Waals surface area (Å²) in [4.78, 5) is 0. The maximum atomic E-state index is 9.00. The lowest BCUT2D eigenvalue weighted by molar-refractivity contribution is 0.267. The molecule has 0 atom stereocenters. The van der Waals surface area contributed by atoms with Crippen LogP contribution in [0.3, 0.4) is 0 Å². The average Bonchev–Trinajstić information content (AvgIpc) is 0.842. The van der Waals surface area contributed by atoms with Crippen LogP contribution >= 0.6 is 0 Å². The smallest absolute Gasteiger partial charge is 0.0684 e. The molecule has 118 heavy (non-hydrogen) atoms. The minimum Gasteiger partial charge on any atom is -0.392 e. The van der Waals surface area contributed by atoms with E-state index in [1.54, 1.807) is 12.1 Å². The third kappa shape index (κ3) is 64.8. The van der Waals surface area contributed by atoms with Gasteiger partial charge in [-0.2, -0.15) is 0 Å². The molecule has 0 fully saturated rings. The van der Waals surface area contributed by atoms with Gasteiger partial charge in [0.25, 0.3) is 0 Å². The molecule has 3 heteroatoms. The molecule has 0 bridgehead atoms. The van der Waals surface area contributed by atoms with Gasteiger partial charge in [-0.15, -0.1) is 0 Å². The monoisotopic (exact) mass is 1560 g/mol. The van der Waals surface area contributed by atoms with Gasteiger partial charge in [0.2, 0.25) is 0 Å². The zero-order valence-electron chi connectivity index (χ0n) is 73.4. The van der Waals surface area contributed by atoms with E-state index in [0.29, 0.717) is 0 Å². The Morgan fingerprint density at radius 2 is 0.212 bits per heavy atom. The fraction of sp³-hybridized carbons (Fsp3) is 0.165. The van der Waals surface area contributed by atoms with Gasteiger partial charge < -0.3 is 15.3 Å². The van der Waals surface area contributed by atoms with E-state index in [2.05, 4.69) is 286 Å². The van der Waals surface area contributed by atoms with E-state index >= 15 is 0 Å². The maximum Gasteiger partial charge on any atom is 0.0684 e. The van der Waals surface area contributed by atoms with Crippen molar-refractivity contribution >= 4 is 0 Å². The van der Waals surface area contributed by atoms with Gasteiger partial charge in [0.1, 0.15) is 0 Å². The summed E-state index contributed by atoms with van der Waals surface area (Å²) in [5, 5.41) is 26.9. The SMILES string of the molecule is Cc1c(CO)cc(CO)cc1CO.Cc1ccccc1.Cc1ccccc1.Cc1ccccc1.Cc1ccccc1.Cc1ccccc1.Cc1ccccc1.Cc1ccccc1.Cc1ccccc1.Cc1ccccc1.Cc1ccccc1.Cc1ccccc1.Cc1ccccc1.Cc1ccccc1.Cc1ccccc1.Cc1ccccc1. The highest BCUT2D eigenvalue weighted by molar-refractivity contribution is 5.38. The molecule has 0 saturated heterocycles. The Balaban J connectivity index is 0.000000631. The van der Waals surface area contributed by atoms with Gasteiger partial charge >= 0.3 is 0 Å². The van der Waals surface area contributed by atoms with Crippen LogP contribution < -0.4 is 0 Å². The molecule has 16 rings (SSSR count). The molecule has 0 heterocycles.